The summed E-state index contributed by atoms with van der Waals surface area (Å²) in [6.45, 7) is 3.46. The summed E-state index contributed by atoms with van der Waals surface area (Å²) in [6, 6.07) is 10.3. The number of para-hydroxylation sites is 1. The molecule has 1 aromatic heterocycles. The predicted molar refractivity (Wildman–Crippen MR) is 87.7 cm³/mol. The lowest BCUT2D eigenvalue weighted by molar-refractivity contribution is 0.261. The molecule has 0 amide bonds. The second kappa shape index (κ2) is 6.79. The monoisotopic (exact) mass is 283 g/mol. The van der Waals surface area contributed by atoms with Crippen molar-refractivity contribution in [3.63, 3.8) is 0 Å². The van der Waals surface area contributed by atoms with Crippen LogP contribution in [0.25, 0.3) is 0 Å². The first kappa shape index (κ1) is 14.2. The molecule has 0 saturated heterocycles. The minimum absolute atomic E-state index is 0.890. The van der Waals surface area contributed by atoms with Gasteiger partial charge in [0.25, 0.3) is 0 Å². The fourth-order valence-electron chi connectivity index (χ4n) is 3.41. The average molecular weight is 283 g/mol. The molecular formula is C18H25N3. The number of aryl methyl sites for hydroxylation is 1. The van der Waals surface area contributed by atoms with Gasteiger partial charge in [0.05, 0.1) is 0 Å². The molecule has 1 aliphatic rings. The van der Waals surface area contributed by atoms with Crippen LogP contribution in [0.4, 0.5) is 11.6 Å². The third-order valence-corrected chi connectivity index (χ3v) is 4.57. The van der Waals surface area contributed by atoms with E-state index in [0.717, 1.165) is 30.0 Å². The van der Waals surface area contributed by atoms with Gasteiger partial charge in [0, 0.05) is 24.6 Å². The van der Waals surface area contributed by atoms with Crippen molar-refractivity contribution in [3.05, 3.63) is 42.7 Å². The highest BCUT2D eigenvalue weighted by atomic mass is 15.2. The van der Waals surface area contributed by atoms with Gasteiger partial charge < -0.3 is 9.88 Å². The lowest BCUT2D eigenvalue weighted by atomic mass is 9.81. The number of hydrogen-bond acceptors (Lipinski definition) is 2. The maximum atomic E-state index is 4.44. The number of hydrogen-bond donors (Lipinski definition) is 1. The van der Waals surface area contributed by atoms with E-state index in [4.69, 9.17) is 0 Å². The van der Waals surface area contributed by atoms with Crippen molar-refractivity contribution in [2.24, 2.45) is 11.8 Å². The first-order valence-electron chi connectivity index (χ1n) is 8.14. The van der Waals surface area contributed by atoms with Crippen LogP contribution < -0.4 is 5.32 Å². The molecule has 0 aliphatic heterocycles. The van der Waals surface area contributed by atoms with E-state index in [1.165, 1.54) is 32.1 Å². The van der Waals surface area contributed by atoms with E-state index in [2.05, 4.69) is 40.1 Å². The maximum Gasteiger partial charge on any atom is 0.207 e. The van der Waals surface area contributed by atoms with Gasteiger partial charge in [0.1, 0.15) is 0 Å². The van der Waals surface area contributed by atoms with Crippen molar-refractivity contribution < 1.29 is 0 Å². The minimum atomic E-state index is 0.890. The Bertz CT molecular complexity index is 547. The predicted octanol–water partition coefficient (Wildman–Crippen LogP) is 4.84. The van der Waals surface area contributed by atoms with Crippen LogP contribution in [0.5, 0.6) is 0 Å². The van der Waals surface area contributed by atoms with E-state index in [-0.39, 0.29) is 0 Å². The number of nitrogens with one attached hydrogen (secondary N) is 1. The second-order valence-corrected chi connectivity index (χ2v) is 6.36. The van der Waals surface area contributed by atoms with Gasteiger partial charge in [-0.05, 0) is 36.8 Å². The highest BCUT2D eigenvalue weighted by Crippen LogP contribution is 2.31. The molecule has 2 atom stereocenters. The maximum absolute atomic E-state index is 4.44. The summed E-state index contributed by atoms with van der Waals surface area (Å²) >= 11 is 0. The summed E-state index contributed by atoms with van der Waals surface area (Å²) in [6.07, 6.45) is 10.9. The van der Waals surface area contributed by atoms with Gasteiger partial charge in [-0.15, -0.1) is 0 Å². The zero-order valence-electron chi connectivity index (χ0n) is 12.8. The third kappa shape index (κ3) is 3.87. The second-order valence-electron chi connectivity index (χ2n) is 6.36. The smallest absolute Gasteiger partial charge is 0.207 e. The SMILES string of the molecule is CC1CCCC(CCn2ccnc2Nc2ccccc2)C1. The Morgan fingerprint density at radius 2 is 2.10 bits per heavy atom. The van der Waals surface area contributed by atoms with Crippen molar-refractivity contribution in [1.82, 2.24) is 9.55 Å². The van der Waals surface area contributed by atoms with Crippen molar-refractivity contribution in [2.75, 3.05) is 5.32 Å². The molecule has 21 heavy (non-hydrogen) atoms. The molecule has 112 valence electrons. The number of imidazole rings is 1. The van der Waals surface area contributed by atoms with Gasteiger partial charge in [-0.2, -0.15) is 0 Å². The minimum Gasteiger partial charge on any atom is -0.326 e. The highest BCUT2D eigenvalue weighted by Gasteiger charge is 2.18. The number of anilines is 2. The number of benzene rings is 1. The van der Waals surface area contributed by atoms with Gasteiger partial charge in [-0.25, -0.2) is 4.98 Å². The van der Waals surface area contributed by atoms with Gasteiger partial charge >= 0.3 is 0 Å². The van der Waals surface area contributed by atoms with Gasteiger partial charge in [0.15, 0.2) is 0 Å². The van der Waals surface area contributed by atoms with E-state index in [1.807, 2.05) is 24.4 Å². The summed E-state index contributed by atoms with van der Waals surface area (Å²) in [5.74, 6) is 2.75. The molecule has 2 aromatic rings. The molecule has 2 unspecified atom stereocenters. The van der Waals surface area contributed by atoms with Crippen LogP contribution in [-0.2, 0) is 6.54 Å². The normalized spacial score (nSPS) is 22.1. The van der Waals surface area contributed by atoms with Crippen LogP contribution in [0, 0.1) is 11.8 Å². The number of rotatable bonds is 5. The van der Waals surface area contributed by atoms with Crippen LogP contribution in [0.3, 0.4) is 0 Å². The average Bonchev–Trinajstić information content (AvgIpc) is 2.93. The first-order valence-corrected chi connectivity index (χ1v) is 8.14. The fraction of sp³-hybridized carbons (Fsp3) is 0.500. The Morgan fingerprint density at radius 3 is 2.90 bits per heavy atom. The molecule has 3 nitrogen and oxygen atoms in total. The first-order chi connectivity index (χ1) is 10.3. The molecule has 0 radical (unpaired) electrons. The van der Waals surface area contributed by atoms with Gasteiger partial charge in [-0.1, -0.05) is 44.4 Å². The van der Waals surface area contributed by atoms with Crippen molar-refractivity contribution in [2.45, 2.75) is 45.6 Å². The fourth-order valence-corrected chi connectivity index (χ4v) is 3.41. The summed E-state index contributed by atoms with van der Waals surface area (Å²) in [5, 5.41) is 3.40. The van der Waals surface area contributed by atoms with Crippen LogP contribution in [0.2, 0.25) is 0 Å². The molecule has 1 heterocycles. The Hall–Kier alpha value is -1.77. The molecule has 1 aromatic carbocycles. The van der Waals surface area contributed by atoms with E-state index in [0.29, 0.717) is 0 Å². The van der Waals surface area contributed by atoms with Crippen molar-refractivity contribution in [3.8, 4) is 0 Å². The number of nitrogens with zero attached hydrogens (tertiary/aromatic N) is 2. The summed E-state index contributed by atoms with van der Waals surface area (Å²) in [4.78, 5) is 4.44. The topological polar surface area (TPSA) is 29.9 Å². The Labute approximate surface area is 127 Å². The van der Waals surface area contributed by atoms with Crippen LogP contribution >= 0.6 is 0 Å². The Morgan fingerprint density at radius 1 is 1.24 bits per heavy atom. The molecule has 0 bridgehead atoms. The van der Waals surface area contributed by atoms with E-state index < -0.39 is 0 Å². The Kier molecular flexibility index (Phi) is 4.59. The van der Waals surface area contributed by atoms with E-state index in [1.54, 1.807) is 0 Å². The molecular weight excluding hydrogens is 258 g/mol. The molecule has 3 heteroatoms. The largest absolute Gasteiger partial charge is 0.326 e. The van der Waals surface area contributed by atoms with Crippen LogP contribution in [-0.4, -0.2) is 9.55 Å². The van der Waals surface area contributed by atoms with Gasteiger partial charge in [-0.3, -0.25) is 0 Å². The molecule has 1 N–H and O–H groups in total. The zero-order chi connectivity index (χ0) is 14.5. The summed E-state index contributed by atoms with van der Waals surface area (Å²) in [5.41, 5.74) is 1.09. The summed E-state index contributed by atoms with van der Waals surface area (Å²) in [7, 11) is 0. The zero-order valence-corrected chi connectivity index (χ0v) is 12.8. The molecule has 3 rings (SSSR count). The van der Waals surface area contributed by atoms with Crippen molar-refractivity contribution in [1.29, 1.82) is 0 Å². The standard InChI is InChI=1S/C18H25N3/c1-15-6-5-7-16(14-15)10-12-21-13-11-19-18(21)20-17-8-3-2-4-9-17/h2-4,8-9,11,13,15-16H,5-7,10,12,14H2,1H3,(H,19,20). The number of aromatic nitrogens is 2. The Balaban J connectivity index is 1.58. The lowest BCUT2D eigenvalue weighted by Gasteiger charge is -2.26. The van der Waals surface area contributed by atoms with Gasteiger partial charge in [0.2, 0.25) is 5.95 Å². The summed E-state index contributed by atoms with van der Waals surface area (Å²) < 4.78 is 2.24. The van der Waals surface area contributed by atoms with Crippen LogP contribution in [0.15, 0.2) is 42.7 Å². The third-order valence-electron chi connectivity index (χ3n) is 4.57. The molecule has 1 aliphatic carbocycles. The molecule has 1 fully saturated rings. The van der Waals surface area contributed by atoms with E-state index in [9.17, 15) is 0 Å². The lowest BCUT2D eigenvalue weighted by Crippen LogP contribution is -2.15. The van der Waals surface area contributed by atoms with Crippen molar-refractivity contribution >= 4 is 11.6 Å². The molecule has 0 spiro atoms. The van der Waals surface area contributed by atoms with Crippen LogP contribution in [0.1, 0.15) is 39.0 Å². The quantitative estimate of drug-likeness (QED) is 0.850. The van der Waals surface area contributed by atoms with E-state index >= 15 is 0 Å². The molecule has 1 saturated carbocycles. The highest BCUT2D eigenvalue weighted by molar-refractivity contribution is 5.52.